The van der Waals surface area contributed by atoms with Crippen LogP contribution in [0.2, 0.25) is 0 Å². The molecule has 1 aliphatic heterocycles. The van der Waals surface area contributed by atoms with Crippen LogP contribution in [0.5, 0.6) is 0 Å². The van der Waals surface area contributed by atoms with Gasteiger partial charge in [-0.2, -0.15) is 0 Å². The van der Waals surface area contributed by atoms with Gasteiger partial charge in [-0.25, -0.2) is 9.78 Å². The number of nitrogens with zero attached hydrogens (tertiary/aromatic N) is 2. The molecule has 0 unspecified atom stereocenters. The second-order valence-corrected chi connectivity index (χ2v) is 7.00. The summed E-state index contributed by atoms with van der Waals surface area (Å²) < 4.78 is 0. The first-order valence-corrected chi connectivity index (χ1v) is 9.39. The molecule has 0 aromatic carbocycles. The van der Waals surface area contributed by atoms with Gasteiger partial charge in [-0.3, -0.25) is 19.8 Å². The number of piperidine rings is 1. The van der Waals surface area contributed by atoms with Crippen molar-refractivity contribution in [3.8, 4) is 0 Å². The van der Waals surface area contributed by atoms with E-state index in [0.29, 0.717) is 37.6 Å². The molecule has 0 spiro atoms. The Morgan fingerprint density at radius 1 is 1.32 bits per heavy atom. The lowest BCUT2D eigenvalue weighted by Gasteiger charge is -2.30. The molecule has 0 aliphatic carbocycles. The summed E-state index contributed by atoms with van der Waals surface area (Å²) in [5.41, 5.74) is 0.893. The van der Waals surface area contributed by atoms with Gasteiger partial charge < -0.3 is 10.6 Å². The number of urea groups is 1. The van der Waals surface area contributed by atoms with Crippen molar-refractivity contribution in [2.24, 2.45) is 5.92 Å². The Labute approximate surface area is 151 Å². The Balaban J connectivity index is 1.69. The van der Waals surface area contributed by atoms with E-state index in [2.05, 4.69) is 20.9 Å². The minimum Gasteiger partial charge on any atom is -0.338 e. The van der Waals surface area contributed by atoms with Crippen molar-refractivity contribution in [1.29, 1.82) is 0 Å². The molecule has 4 amide bonds. The number of anilines is 1. The maximum atomic E-state index is 12.3. The van der Waals surface area contributed by atoms with Crippen LogP contribution in [0.4, 0.5) is 9.93 Å². The zero-order valence-electron chi connectivity index (χ0n) is 14.6. The van der Waals surface area contributed by atoms with Crippen molar-refractivity contribution in [1.82, 2.24) is 20.5 Å². The van der Waals surface area contributed by atoms with Crippen LogP contribution in [0.15, 0.2) is 5.38 Å². The van der Waals surface area contributed by atoms with Crippen LogP contribution in [-0.2, 0) is 9.59 Å². The zero-order valence-corrected chi connectivity index (χ0v) is 15.4. The Kier molecular flexibility index (Phi) is 7.32. The standard InChI is InChI=1S/C16H25N5O3S/c1-3-6-17-15(24)19-13(22)9-21-7-4-12(5-8-21)14(23)20-16-18-11(2)10-25-16/h10,12H,3-9H2,1-2H3,(H,18,20,23)(H2,17,19,22,24). The number of rotatable bonds is 6. The van der Waals surface area contributed by atoms with Gasteiger partial charge in [-0.15, -0.1) is 11.3 Å². The van der Waals surface area contributed by atoms with Crippen molar-refractivity contribution in [2.45, 2.75) is 33.1 Å². The maximum Gasteiger partial charge on any atom is 0.321 e. The van der Waals surface area contributed by atoms with Gasteiger partial charge in [0.2, 0.25) is 11.8 Å². The monoisotopic (exact) mass is 367 g/mol. The predicted molar refractivity (Wildman–Crippen MR) is 96.5 cm³/mol. The fraction of sp³-hybridized carbons (Fsp3) is 0.625. The van der Waals surface area contributed by atoms with Crippen LogP contribution in [0.1, 0.15) is 31.9 Å². The fourth-order valence-electron chi connectivity index (χ4n) is 2.62. The Hall–Kier alpha value is -2.00. The highest BCUT2D eigenvalue weighted by molar-refractivity contribution is 7.13. The van der Waals surface area contributed by atoms with E-state index < -0.39 is 6.03 Å². The number of likely N-dealkylation sites (tertiary alicyclic amines) is 1. The molecule has 0 bridgehead atoms. The van der Waals surface area contributed by atoms with Crippen LogP contribution in [0, 0.1) is 12.8 Å². The Bertz CT molecular complexity index is 611. The number of carbonyl (C=O) groups is 3. The van der Waals surface area contributed by atoms with Crippen molar-refractivity contribution in [2.75, 3.05) is 31.5 Å². The highest BCUT2D eigenvalue weighted by atomic mass is 32.1. The SMILES string of the molecule is CCCNC(=O)NC(=O)CN1CCC(C(=O)Nc2nc(C)cs2)CC1. The highest BCUT2D eigenvalue weighted by Crippen LogP contribution is 2.21. The summed E-state index contributed by atoms with van der Waals surface area (Å²) in [6.07, 6.45) is 2.19. The number of aryl methyl sites for hydroxylation is 1. The first kappa shape index (κ1) is 19.3. The molecule has 8 nitrogen and oxygen atoms in total. The number of carbonyl (C=O) groups excluding carboxylic acids is 3. The number of thiazole rings is 1. The van der Waals surface area contributed by atoms with Crippen LogP contribution in [0.3, 0.4) is 0 Å². The van der Waals surface area contributed by atoms with Gasteiger partial charge in [0.05, 0.1) is 12.2 Å². The Morgan fingerprint density at radius 3 is 2.64 bits per heavy atom. The molecule has 1 aromatic heterocycles. The molecule has 1 aromatic rings. The number of imide groups is 1. The van der Waals surface area contributed by atoms with Gasteiger partial charge in [-0.05, 0) is 39.3 Å². The third-order valence-electron chi connectivity index (χ3n) is 3.96. The van der Waals surface area contributed by atoms with Crippen molar-refractivity contribution >= 4 is 34.3 Å². The van der Waals surface area contributed by atoms with E-state index in [9.17, 15) is 14.4 Å². The molecule has 1 saturated heterocycles. The molecule has 2 rings (SSSR count). The smallest absolute Gasteiger partial charge is 0.321 e. The van der Waals surface area contributed by atoms with E-state index in [-0.39, 0.29) is 24.3 Å². The second-order valence-electron chi connectivity index (χ2n) is 6.14. The number of nitrogens with one attached hydrogen (secondary N) is 3. The van der Waals surface area contributed by atoms with E-state index in [1.165, 1.54) is 11.3 Å². The van der Waals surface area contributed by atoms with Gasteiger partial charge in [-0.1, -0.05) is 6.92 Å². The van der Waals surface area contributed by atoms with Gasteiger partial charge in [0.15, 0.2) is 5.13 Å². The molecular formula is C16H25N5O3S. The average Bonchev–Trinajstić information content (AvgIpc) is 2.98. The quantitative estimate of drug-likeness (QED) is 0.704. The summed E-state index contributed by atoms with van der Waals surface area (Å²) in [6.45, 7) is 5.84. The van der Waals surface area contributed by atoms with Crippen molar-refractivity contribution < 1.29 is 14.4 Å². The zero-order chi connectivity index (χ0) is 18.2. The fourth-order valence-corrected chi connectivity index (χ4v) is 3.32. The number of hydrogen-bond acceptors (Lipinski definition) is 6. The molecule has 25 heavy (non-hydrogen) atoms. The van der Waals surface area contributed by atoms with E-state index in [4.69, 9.17) is 0 Å². The molecule has 1 fully saturated rings. The lowest BCUT2D eigenvalue weighted by atomic mass is 9.96. The van der Waals surface area contributed by atoms with E-state index in [1.54, 1.807) is 0 Å². The first-order valence-electron chi connectivity index (χ1n) is 8.51. The normalized spacial score (nSPS) is 15.6. The van der Waals surface area contributed by atoms with E-state index in [1.807, 2.05) is 24.1 Å². The molecular weight excluding hydrogens is 342 g/mol. The largest absolute Gasteiger partial charge is 0.338 e. The maximum absolute atomic E-state index is 12.3. The molecule has 9 heteroatoms. The molecule has 3 N–H and O–H groups in total. The number of hydrogen-bond donors (Lipinski definition) is 3. The molecule has 2 heterocycles. The average molecular weight is 367 g/mol. The minimum absolute atomic E-state index is 0.0163. The predicted octanol–water partition coefficient (Wildman–Crippen LogP) is 1.34. The summed E-state index contributed by atoms with van der Waals surface area (Å²) in [4.78, 5) is 41.7. The molecule has 0 radical (unpaired) electrons. The number of amides is 4. The Morgan fingerprint density at radius 2 is 2.04 bits per heavy atom. The summed E-state index contributed by atoms with van der Waals surface area (Å²) >= 11 is 1.42. The molecule has 138 valence electrons. The minimum atomic E-state index is -0.458. The molecule has 0 atom stereocenters. The van der Waals surface area contributed by atoms with Crippen molar-refractivity contribution in [3.63, 3.8) is 0 Å². The summed E-state index contributed by atoms with van der Waals surface area (Å²) in [7, 11) is 0. The second kappa shape index (κ2) is 9.47. The van der Waals surface area contributed by atoms with Crippen LogP contribution < -0.4 is 16.0 Å². The van der Waals surface area contributed by atoms with Crippen molar-refractivity contribution in [3.05, 3.63) is 11.1 Å². The third-order valence-corrected chi connectivity index (χ3v) is 4.84. The van der Waals surface area contributed by atoms with Crippen LogP contribution >= 0.6 is 11.3 Å². The van der Waals surface area contributed by atoms with Crippen LogP contribution in [-0.4, -0.2) is 53.9 Å². The van der Waals surface area contributed by atoms with Gasteiger partial charge in [0.25, 0.3) is 0 Å². The lowest BCUT2D eigenvalue weighted by Crippen LogP contribution is -2.47. The first-order chi connectivity index (χ1) is 12.0. The molecule has 0 saturated carbocycles. The van der Waals surface area contributed by atoms with Gasteiger partial charge >= 0.3 is 6.03 Å². The van der Waals surface area contributed by atoms with Crippen LogP contribution in [0.25, 0.3) is 0 Å². The highest BCUT2D eigenvalue weighted by Gasteiger charge is 2.26. The summed E-state index contributed by atoms with van der Waals surface area (Å²) in [6, 6.07) is -0.458. The molecule has 1 aliphatic rings. The van der Waals surface area contributed by atoms with E-state index in [0.717, 1.165) is 12.1 Å². The number of aromatic nitrogens is 1. The summed E-state index contributed by atoms with van der Waals surface area (Å²) in [5.74, 6) is -0.413. The topological polar surface area (TPSA) is 103 Å². The van der Waals surface area contributed by atoms with Gasteiger partial charge in [0, 0.05) is 17.8 Å². The van der Waals surface area contributed by atoms with E-state index >= 15 is 0 Å². The third kappa shape index (κ3) is 6.43. The summed E-state index contributed by atoms with van der Waals surface area (Å²) in [5, 5.41) is 10.3. The lowest BCUT2D eigenvalue weighted by molar-refractivity contribution is -0.122. The van der Waals surface area contributed by atoms with Gasteiger partial charge in [0.1, 0.15) is 0 Å².